The van der Waals surface area contributed by atoms with Gasteiger partial charge in [-0.2, -0.15) is 0 Å². The summed E-state index contributed by atoms with van der Waals surface area (Å²) in [5, 5.41) is 9.78. The SMILES string of the molecule is O=c1c(-c2ccc(O)cc2)coc2cc(OCc3coc(-c4cc(F)c(F)c(F)c4)n3)ccc12. The van der Waals surface area contributed by atoms with Crippen LogP contribution in [0.25, 0.3) is 33.6 Å². The van der Waals surface area contributed by atoms with Crippen molar-refractivity contribution in [2.24, 2.45) is 0 Å². The van der Waals surface area contributed by atoms with E-state index in [1.807, 2.05) is 0 Å². The number of phenols is 1. The molecular formula is C25H14F3NO5. The number of fused-ring (bicyclic) bond motifs is 1. The summed E-state index contributed by atoms with van der Waals surface area (Å²) < 4.78 is 56.5. The number of benzene rings is 3. The van der Waals surface area contributed by atoms with Gasteiger partial charge in [-0.15, -0.1) is 0 Å². The van der Waals surface area contributed by atoms with Gasteiger partial charge in [-0.25, -0.2) is 18.2 Å². The molecule has 0 saturated carbocycles. The zero-order valence-corrected chi connectivity index (χ0v) is 17.2. The Hall–Kier alpha value is -4.53. The predicted molar refractivity (Wildman–Crippen MR) is 116 cm³/mol. The minimum absolute atomic E-state index is 0.0447. The summed E-state index contributed by atoms with van der Waals surface area (Å²) >= 11 is 0. The van der Waals surface area contributed by atoms with Gasteiger partial charge in [0, 0.05) is 11.6 Å². The summed E-state index contributed by atoms with van der Waals surface area (Å²) in [6.45, 7) is -0.0447. The van der Waals surface area contributed by atoms with Gasteiger partial charge >= 0.3 is 0 Å². The molecule has 1 N–H and O–H groups in total. The van der Waals surface area contributed by atoms with Gasteiger partial charge in [-0.05, 0) is 42.0 Å². The Morgan fingerprint density at radius 3 is 2.35 bits per heavy atom. The molecule has 9 heteroatoms. The molecule has 0 spiro atoms. The number of hydrogen-bond donors (Lipinski definition) is 1. The Labute approximate surface area is 189 Å². The summed E-state index contributed by atoms with van der Waals surface area (Å²) in [5.74, 6) is -3.89. The van der Waals surface area contributed by atoms with Crippen LogP contribution in [-0.2, 0) is 6.61 Å². The van der Waals surface area contributed by atoms with E-state index in [4.69, 9.17) is 13.6 Å². The van der Waals surface area contributed by atoms with Crippen molar-refractivity contribution in [3.05, 3.63) is 100 Å². The number of halogens is 3. The molecule has 0 fully saturated rings. The van der Waals surface area contributed by atoms with Crippen LogP contribution >= 0.6 is 0 Å². The van der Waals surface area contributed by atoms with Crippen LogP contribution in [0.1, 0.15) is 5.69 Å². The third-order valence-corrected chi connectivity index (χ3v) is 5.09. The number of aromatic nitrogens is 1. The maximum absolute atomic E-state index is 13.4. The lowest BCUT2D eigenvalue weighted by Gasteiger charge is -2.06. The topological polar surface area (TPSA) is 85.7 Å². The average Bonchev–Trinajstić information content (AvgIpc) is 3.31. The number of ether oxygens (including phenoxy) is 1. The molecule has 0 unspecified atom stereocenters. The minimum atomic E-state index is -1.57. The van der Waals surface area contributed by atoms with Crippen molar-refractivity contribution in [2.45, 2.75) is 6.61 Å². The van der Waals surface area contributed by atoms with Gasteiger partial charge in [0.2, 0.25) is 5.89 Å². The zero-order chi connectivity index (χ0) is 23.8. The van der Waals surface area contributed by atoms with Crippen LogP contribution in [0, 0.1) is 17.5 Å². The van der Waals surface area contributed by atoms with Crippen LogP contribution in [0.5, 0.6) is 11.5 Å². The molecule has 0 amide bonds. The van der Waals surface area contributed by atoms with E-state index in [1.54, 1.807) is 30.3 Å². The Kier molecular flexibility index (Phi) is 5.29. The van der Waals surface area contributed by atoms with E-state index in [2.05, 4.69) is 4.98 Å². The van der Waals surface area contributed by atoms with E-state index >= 15 is 0 Å². The van der Waals surface area contributed by atoms with Crippen molar-refractivity contribution >= 4 is 11.0 Å². The standard InChI is InChI=1S/C25H14F3NO5/c26-20-7-14(8-21(27)23(20)28)25-29-15(11-34-25)10-32-17-5-6-18-22(9-17)33-12-19(24(18)31)13-1-3-16(30)4-2-13/h1-9,11-12,30H,10H2. The van der Waals surface area contributed by atoms with Gasteiger partial charge < -0.3 is 18.7 Å². The van der Waals surface area contributed by atoms with E-state index < -0.39 is 17.5 Å². The van der Waals surface area contributed by atoms with Crippen molar-refractivity contribution in [3.8, 4) is 34.1 Å². The maximum atomic E-state index is 13.4. The van der Waals surface area contributed by atoms with Gasteiger partial charge in [-0.3, -0.25) is 4.79 Å². The van der Waals surface area contributed by atoms with Gasteiger partial charge in [0.1, 0.15) is 41.9 Å². The number of oxazole rings is 1. The zero-order valence-electron chi connectivity index (χ0n) is 17.2. The highest BCUT2D eigenvalue weighted by Crippen LogP contribution is 2.26. The molecule has 5 rings (SSSR count). The first-order chi connectivity index (χ1) is 16.4. The lowest BCUT2D eigenvalue weighted by atomic mass is 10.1. The molecule has 6 nitrogen and oxygen atoms in total. The number of rotatable bonds is 5. The number of hydrogen-bond acceptors (Lipinski definition) is 6. The molecule has 0 bridgehead atoms. The summed E-state index contributed by atoms with van der Waals surface area (Å²) in [6.07, 6.45) is 2.59. The molecule has 3 aromatic carbocycles. The first-order valence-corrected chi connectivity index (χ1v) is 9.96. The maximum Gasteiger partial charge on any atom is 0.226 e. The molecular weight excluding hydrogens is 451 g/mol. The van der Waals surface area contributed by atoms with Gasteiger partial charge in [0.15, 0.2) is 22.9 Å². The second-order valence-corrected chi connectivity index (χ2v) is 7.37. The van der Waals surface area contributed by atoms with Crippen molar-refractivity contribution in [1.82, 2.24) is 4.98 Å². The average molecular weight is 465 g/mol. The second-order valence-electron chi connectivity index (χ2n) is 7.37. The highest BCUT2D eigenvalue weighted by atomic mass is 19.2. The van der Waals surface area contributed by atoms with Gasteiger partial charge in [0.05, 0.1) is 10.9 Å². The third-order valence-electron chi connectivity index (χ3n) is 5.09. The quantitative estimate of drug-likeness (QED) is 0.330. The van der Waals surface area contributed by atoms with E-state index in [-0.39, 0.29) is 29.2 Å². The number of phenolic OH excluding ortho intramolecular Hbond substituents is 1. The Bertz CT molecular complexity index is 1550. The molecule has 0 saturated heterocycles. The molecule has 0 aliphatic rings. The van der Waals surface area contributed by atoms with E-state index in [9.17, 15) is 23.1 Å². The van der Waals surface area contributed by atoms with E-state index in [0.29, 0.717) is 33.5 Å². The van der Waals surface area contributed by atoms with E-state index in [1.165, 1.54) is 24.7 Å². The fourth-order valence-electron chi connectivity index (χ4n) is 3.38. The van der Waals surface area contributed by atoms with Crippen molar-refractivity contribution in [1.29, 1.82) is 0 Å². The van der Waals surface area contributed by atoms with Crippen LogP contribution < -0.4 is 10.2 Å². The Morgan fingerprint density at radius 2 is 1.62 bits per heavy atom. The Balaban J connectivity index is 1.35. The first-order valence-electron chi connectivity index (χ1n) is 9.96. The van der Waals surface area contributed by atoms with E-state index in [0.717, 1.165) is 12.1 Å². The smallest absolute Gasteiger partial charge is 0.226 e. The molecule has 0 aliphatic heterocycles. The van der Waals surface area contributed by atoms with Crippen LogP contribution in [-0.4, -0.2) is 10.1 Å². The molecule has 0 atom stereocenters. The molecule has 34 heavy (non-hydrogen) atoms. The lowest BCUT2D eigenvalue weighted by molar-refractivity contribution is 0.301. The molecule has 2 aromatic heterocycles. The Morgan fingerprint density at radius 1 is 0.882 bits per heavy atom. The molecule has 170 valence electrons. The third kappa shape index (κ3) is 3.99. The van der Waals surface area contributed by atoms with Crippen molar-refractivity contribution in [2.75, 3.05) is 0 Å². The van der Waals surface area contributed by atoms with Crippen LogP contribution in [0.4, 0.5) is 13.2 Å². The fourth-order valence-corrected chi connectivity index (χ4v) is 3.38. The molecule has 0 radical (unpaired) electrons. The van der Waals surface area contributed by atoms with Crippen LogP contribution in [0.2, 0.25) is 0 Å². The van der Waals surface area contributed by atoms with Gasteiger partial charge in [-0.1, -0.05) is 12.1 Å². The summed E-state index contributed by atoms with van der Waals surface area (Å²) in [6, 6.07) is 12.5. The number of aromatic hydroxyl groups is 1. The largest absolute Gasteiger partial charge is 0.508 e. The summed E-state index contributed by atoms with van der Waals surface area (Å²) in [7, 11) is 0. The monoisotopic (exact) mass is 465 g/mol. The molecule has 0 aliphatic carbocycles. The molecule has 5 aromatic rings. The fraction of sp³-hybridized carbons (Fsp3) is 0.0400. The molecule has 2 heterocycles. The highest BCUT2D eigenvalue weighted by molar-refractivity contribution is 5.82. The number of nitrogens with zero attached hydrogens (tertiary/aromatic N) is 1. The van der Waals surface area contributed by atoms with Crippen molar-refractivity contribution in [3.63, 3.8) is 0 Å². The predicted octanol–water partition coefficient (Wildman–Crippen LogP) is 5.82. The summed E-state index contributed by atoms with van der Waals surface area (Å²) in [5.41, 5.74) is 1.30. The summed E-state index contributed by atoms with van der Waals surface area (Å²) in [4.78, 5) is 16.9. The first kappa shape index (κ1) is 21.3. The van der Waals surface area contributed by atoms with Crippen LogP contribution in [0.3, 0.4) is 0 Å². The van der Waals surface area contributed by atoms with Crippen molar-refractivity contribution < 1.29 is 31.8 Å². The van der Waals surface area contributed by atoms with Gasteiger partial charge in [0.25, 0.3) is 0 Å². The minimum Gasteiger partial charge on any atom is -0.508 e. The van der Waals surface area contributed by atoms with Crippen LogP contribution in [0.15, 0.2) is 80.8 Å². The lowest BCUT2D eigenvalue weighted by Crippen LogP contribution is -2.05. The highest BCUT2D eigenvalue weighted by Gasteiger charge is 2.16. The second kappa shape index (κ2) is 8.43. The normalized spacial score (nSPS) is 11.1.